The highest BCUT2D eigenvalue weighted by atomic mass is 35.5. The van der Waals surface area contributed by atoms with Crippen molar-refractivity contribution in [3.63, 3.8) is 0 Å². The van der Waals surface area contributed by atoms with Crippen LogP contribution in [0.3, 0.4) is 0 Å². The zero-order valence-electron chi connectivity index (χ0n) is 16.0. The van der Waals surface area contributed by atoms with Gasteiger partial charge in [0, 0.05) is 19.0 Å². The minimum Gasteiger partial charge on any atom is -0.380 e. The van der Waals surface area contributed by atoms with Crippen LogP contribution in [-0.2, 0) is 17.6 Å². The molecule has 0 saturated carbocycles. The molecule has 1 fully saturated rings. The third-order valence-corrected chi connectivity index (χ3v) is 5.92. The van der Waals surface area contributed by atoms with Crippen LogP contribution in [-0.4, -0.2) is 34.6 Å². The van der Waals surface area contributed by atoms with E-state index in [1.54, 1.807) is 6.07 Å². The summed E-state index contributed by atoms with van der Waals surface area (Å²) in [6, 6.07) is 3.96. The zero-order chi connectivity index (χ0) is 21.5. The molecule has 1 aromatic heterocycles. The Kier molecular flexibility index (Phi) is 5.61. The Hall–Kier alpha value is -2.35. The van der Waals surface area contributed by atoms with Crippen molar-refractivity contribution < 1.29 is 22.4 Å². The van der Waals surface area contributed by atoms with Crippen LogP contribution in [0.15, 0.2) is 30.5 Å². The van der Waals surface area contributed by atoms with Gasteiger partial charge < -0.3 is 10.2 Å². The van der Waals surface area contributed by atoms with Crippen molar-refractivity contribution in [1.29, 1.82) is 0 Å². The van der Waals surface area contributed by atoms with Gasteiger partial charge in [-0.2, -0.15) is 13.2 Å². The number of fused-ring (bicyclic) bond motifs is 1. The van der Waals surface area contributed by atoms with Crippen LogP contribution in [0.2, 0.25) is 5.02 Å². The van der Waals surface area contributed by atoms with Gasteiger partial charge in [0.25, 0.3) is 0 Å². The average molecular weight is 442 g/mol. The van der Waals surface area contributed by atoms with E-state index < -0.39 is 23.9 Å². The van der Waals surface area contributed by atoms with Crippen molar-refractivity contribution in [2.24, 2.45) is 0 Å². The molecule has 0 bridgehead atoms. The van der Waals surface area contributed by atoms with Crippen LogP contribution >= 0.6 is 11.6 Å². The zero-order valence-corrected chi connectivity index (χ0v) is 16.7. The van der Waals surface area contributed by atoms with E-state index in [0.29, 0.717) is 36.9 Å². The molecule has 160 valence electrons. The SMILES string of the molecule is O=C1CCCCN1C(c1ccc(NC2Cc3ccc(Cl)c(F)c3C2)cn1)C(F)(F)F. The number of nitrogens with one attached hydrogen (secondary N) is 1. The largest absolute Gasteiger partial charge is 0.414 e. The lowest BCUT2D eigenvalue weighted by Crippen LogP contribution is -2.45. The molecule has 2 atom stereocenters. The average Bonchev–Trinajstić information content (AvgIpc) is 3.10. The number of aromatic nitrogens is 1. The summed E-state index contributed by atoms with van der Waals surface area (Å²) in [7, 11) is 0. The Morgan fingerprint density at radius 3 is 2.63 bits per heavy atom. The summed E-state index contributed by atoms with van der Waals surface area (Å²) in [6.07, 6.45) is -1.01. The molecule has 1 N–H and O–H groups in total. The number of hydrogen-bond acceptors (Lipinski definition) is 3. The number of nitrogens with zero attached hydrogens (tertiary/aromatic N) is 2. The number of rotatable bonds is 4. The maximum absolute atomic E-state index is 14.2. The van der Waals surface area contributed by atoms with Gasteiger partial charge in [-0.3, -0.25) is 9.78 Å². The lowest BCUT2D eigenvalue weighted by molar-refractivity contribution is -0.195. The van der Waals surface area contributed by atoms with Crippen molar-refractivity contribution in [2.75, 3.05) is 11.9 Å². The van der Waals surface area contributed by atoms with E-state index in [9.17, 15) is 22.4 Å². The number of benzene rings is 1. The van der Waals surface area contributed by atoms with E-state index in [1.165, 1.54) is 24.4 Å². The number of carbonyl (C=O) groups excluding carboxylic acids is 1. The molecule has 1 saturated heterocycles. The fourth-order valence-corrected chi connectivity index (χ4v) is 4.40. The van der Waals surface area contributed by atoms with E-state index in [4.69, 9.17) is 11.6 Å². The minimum atomic E-state index is -4.61. The van der Waals surface area contributed by atoms with Crippen LogP contribution < -0.4 is 5.32 Å². The van der Waals surface area contributed by atoms with Crippen LogP contribution in [0.5, 0.6) is 0 Å². The molecule has 4 nitrogen and oxygen atoms in total. The fourth-order valence-electron chi connectivity index (χ4n) is 4.22. The van der Waals surface area contributed by atoms with Gasteiger partial charge in [0.1, 0.15) is 5.82 Å². The number of piperidine rings is 1. The second-order valence-electron chi connectivity index (χ2n) is 7.71. The van der Waals surface area contributed by atoms with Gasteiger partial charge in [0.05, 0.1) is 22.6 Å². The Morgan fingerprint density at radius 2 is 1.97 bits per heavy atom. The molecule has 9 heteroatoms. The number of alkyl halides is 3. The Labute approximate surface area is 176 Å². The third kappa shape index (κ3) is 4.10. The van der Waals surface area contributed by atoms with Crippen LogP contribution in [0.1, 0.15) is 42.1 Å². The van der Waals surface area contributed by atoms with Gasteiger partial charge in [0.2, 0.25) is 5.91 Å². The summed E-state index contributed by atoms with van der Waals surface area (Å²) in [6.45, 7) is 0.0686. The minimum absolute atomic E-state index is 0.0686. The lowest BCUT2D eigenvalue weighted by atomic mass is 10.0. The van der Waals surface area contributed by atoms with Crippen molar-refractivity contribution in [3.05, 3.63) is 58.1 Å². The second kappa shape index (κ2) is 8.06. The smallest absolute Gasteiger partial charge is 0.380 e. The quantitative estimate of drug-likeness (QED) is 0.674. The molecule has 2 aromatic rings. The van der Waals surface area contributed by atoms with E-state index in [2.05, 4.69) is 10.3 Å². The molecule has 4 rings (SSSR count). The summed E-state index contributed by atoms with van der Waals surface area (Å²) in [5, 5.41) is 3.27. The fraction of sp³-hybridized carbons (Fsp3) is 0.429. The van der Waals surface area contributed by atoms with Crippen molar-refractivity contribution in [2.45, 2.75) is 50.4 Å². The second-order valence-corrected chi connectivity index (χ2v) is 8.12. The molecule has 1 aromatic carbocycles. The van der Waals surface area contributed by atoms with Gasteiger partial charge in [-0.25, -0.2) is 4.39 Å². The van der Waals surface area contributed by atoms with Crippen molar-refractivity contribution in [1.82, 2.24) is 9.88 Å². The number of amides is 1. The molecule has 2 unspecified atom stereocenters. The molecular formula is C21H20ClF4N3O. The van der Waals surface area contributed by atoms with Crippen LogP contribution in [0.4, 0.5) is 23.2 Å². The highest BCUT2D eigenvalue weighted by molar-refractivity contribution is 6.30. The van der Waals surface area contributed by atoms with Crippen LogP contribution in [0.25, 0.3) is 0 Å². The molecule has 1 amide bonds. The van der Waals surface area contributed by atoms with Crippen LogP contribution in [0, 0.1) is 5.82 Å². The number of carbonyl (C=O) groups is 1. The van der Waals surface area contributed by atoms with Gasteiger partial charge in [0.15, 0.2) is 6.04 Å². The molecule has 0 radical (unpaired) electrons. The number of halogens is 5. The predicted octanol–water partition coefficient (Wildman–Crippen LogP) is 5.07. The maximum atomic E-state index is 14.2. The summed E-state index contributed by atoms with van der Waals surface area (Å²) in [5.41, 5.74) is 1.75. The summed E-state index contributed by atoms with van der Waals surface area (Å²) in [4.78, 5) is 16.9. The first-order valence-electron chi connectivity index (χ1n) is 9.78. The van der Waals surface area contributed by atoms with E-state index in [1.807, 2.05) is 0 Å². The highest BCUT2D eigenvalue weighted by Gasteiger charge is 2.47. The standard InChI is InChI=1S/C21H20ClF4N3O/c22-16-6-4-12-9-14(10-15(12)19(16)23)28-13-5-7-17(27-11-13)20(21(24,25)26)29-8-2-1-3-18(29)30/h4-7,11,14,20,28H,1-3,8-10H2. The van der Waals surface area contributed by atoms with E-state index in [0.717, 1.165) is 10.5 Å². The van der Waals surface area contributed by atoms with Gasteiger partial charge in [-0.1, -0.05) is 17.7 Å². The monoisotopic (exact) mass is 441 g/mol. The predicted molar refractivity (Wildman–Crippen MR) is 105 cm³/mol. The summed E-state index contributed by atoms with van der Waals surface area (Å²) < 4.78 is 55.3. The number of pyridine rings is 1. The number of likely N-dealkylation sites (tertiary alicyclic amines) is 1. The summed E-state index contributed by atoms with van der Waals surface area (Å²) >= 11 is 5.83. The van der Waals surface area contributed by atoms with Gasteiger partial charge in [-0.15, -0.1) is 0 Å². The van der Waals surface area contributed by atoms with E-state index >= 15 is 0 Å². The maximum Gasteiger partial charge on any atom is 0.414 e. The van der Waals surface area contributed by atoms with E-state index in [-0.39, 0.29) is 29.7 Å². The molecule has 2 heterocycles. The Morgan fingerprint density at radius 1 is 1.17 bits per heavy atom. The highest BCUT2D eigenvalue weighted by Crippen LogP contribution is 2.39. The molecule has 2 aliphatic rings. The topological polar surface area (TPSA) is 45.2 Å². The third-order valence-electron chi connectivity index (χ3n) is 5.63. The van der Waals surface area contributed by atoms with Crippen molar-refractivity contribution >= 4 is 23.2 Å². The molecule has 0 spiro atoms. The first-order valence-corrected chi connectivity index (χ1v) is 10.2. The molecular weight excluding hydrogens is 422 g/mol. The van der Waals surface area contributed by atoms with Gasteiger partial charge >= 0.3 is 6.18 Å². The number of hydrogen-bond donors (Lipinski definition) is 1. The van der Waals surface area contributed by atoms with Gasteiger partial charge in [-0.05, 0) is 55.0 Å². The first-order chi connectivity index (χ1) is 14.2. The van der Waals surface area contributed by atoms with Crippen molar-refractivity contribution in [3.8, 4) is 0 Å². The Bertz CT molecular complexity index is 949. The Balaban J connectivity index is 1.49. The molecule has 1 aliphatic heterocycles. The molecule has 1 aliphatic carbocycles. The number of anilines is 1. The summed E-state index contributed by atoms with van der Waals surface area (Å²) in [5.74, 6) is -0.928. The molecule has 30 heavy (non-hydrogen) atoms. The normalized spacial score (nSPS) is 20.2. The first kappa shape index (κ1) is 20.9. The lowest BCUT2D eigenvalue weighted by Gasteiger charge is -2.35.